The first-order valence-electron chi connectivity index (χ1n) is 6.70. The van der Waals surface area contributed by atoms with Crippen molar-refractivity contribution in [3.63, 3.8) is 0 Å². The molecule has 1 aromatic heterocycles. The molecule has 2 heterocycles. The lowest BCUT2D eigenvalue weighted by Gasteiger charge is -2.24. The highest BCUT2D eigenvalue weighted by atomic mass is 79.9. The SMILES string of the molecule is CC(C)(C)OC(=O)N1CC[C@@H](Oc2cnc(Cl)c(Br)c2)C1. The van der Waals surface area contributed by atoms with Crippen LogP contribution in [0.1, 0.15) is 27.2 Å². The summed E-state index contributed by atoms with van der Waals surface area (Å²) in [6.07, 6.45) is 1.97. The van der Waals surface area contributed by atoms with Gasteiger partial charge < -0.3 is 14.4 Å². The van der Waals surface area contributed by atoms with Crippen molar-refractivity contribution < 1.29 is 14.3 Å². The van der Waals surface area contributed by atoms with Crippen LogP contribution >= 0.6 is 27.5 Å². The van der Waals surface area contributed by atoms with E-state index < -0.39 is 5.60 Å². The number of halogens is 2. The smallest absolute Gasteiger partial charge is 0.410 e. The predicted octanol–water partition coefficient (Wildman–Crippen LogP) is 3.89. The molecule has 0 saturated carbocycles. The van der Waals surface area contributed by atoms with E-state index in [-0.39, 0.29) is 12.2 Å². The van der Waals surface area contributed by atoms with Gasteiger partial charge in [0.05, 0.1) is 17.2 Å². The average molecular weight is 378 g/mol. The van der Waals surface area contributed by atoms with Crippen LogP contribution in [-0.4, -0.2) is 40.8 Å². The Balaban J connectivity index is 1.90. The van der Waals surface area contributed by atoms with E-state index in [0.29, 0.717) is 28.5 Å². The lowest BCUT2D eigenvalue weighted by Crippen LogP contribution is -2.36. The van der Waals surface area contributed by atoms with Gasteiger partial charge in [-0.1, -0.05) is 11.6 Å². The molecule has 0 N–H and O–H groups in total. The van der Waals surface area contributed by atoms with Gasteiger partial charge in [0.25, 0.3) is 0 Å². The van der Waals surface area contributed by atoms with E-state index in [1.165, 1.54) is 0 Å². The largest absolute Gasteiger partial charge is 0.487 e. The first kappa shape index (κ1) is 16.4. The monoisotopic (exact) mass is 376 g/mol. The Kier molecular flexibility index (Phi) is 4.99. The number of pyridine rings is 1. The zero-order valence-corrected chi connectivity index (χ0v) is 14.6. The number of hydrogen-bond donors (Lipinski definition) is 0. The van der Waals surface area contributed by atoms with Gasteiger partial charge in [0.1, 0.15) is 22.6 Å². The van der Waals surface area contributed by atoms with E-state index in [4.69, 9.17) is 21.1 Å². The van der Waals surface area contributed by atoms with E-state index in [9.17, 15) is 4.79 Å². The molecule has 1 atom stereocenters. The van der Waals surface area contributed by atoms with Crippen molar-refractivity contribution in [2.45, 2.75) is 38.9 Å². The summed E-state index contributed by atoms with van der Waals surface area (Å²) in [6, 6.07) is 1.77. The number of carbonyl (C=O) groups excluding carboxylic acids is 1. The Morgan fingerprint density at radius 2 is 2.24 bits per heavy atom. The van der Waals surface area contributed by atoms with Crippen LogP contribution in [0.25, 0.3) is 0 Å². The van der Waals surface area contributed by atoms with Crippen LogP contribution in [0.15, 0.2) is 16.7 Å². The second kappa shape index (κ2) is 6.40. The summed E-state index contributed by atoms with van der Waals surface area (Å²) < 4.78 is 11.9. The van der Waals surface area contributed by atoms with Crippen molar-refractivity contribution in [3.05, 3.63) is 21.9 Å². The standard InChI is InChI=1S/C14H18BrClN2O3/c1-14(2,3)21-13(19)18-5-4-9(8-18)20-10-6-11(15)12(16)17-7-10/h6-7,9H,4-5,8H2,1-3H3/t9-/m1/s1. The highest BCUT2D eigenvalue weighted by Gasteiger charge is 2.30. The summed E-state index contributed by atoms with van der Waals surface area (Å²) in [6.45, 7) is 6.69. The number of carbonyl (C=O) groups is 1. The Labute approximate surface area is 137 Å². The molecule has 1 aromatic rings. The van der Waals surface area contributed by atoms with Crippen molar-refractivity contribution in [1.82, 2.24) is 9.88 Å². The van der Waals surface area contributed by atoms with Crippen molar-refractivity contribution in [2.75, 3.05) is 13.1 Å². The van der Waals surface area contributed by atoms with Crippen LogP contribution in [-0.2, 0) is 4.74 Å². The molecule has 1 saturated heterocycles. The van der Waals surface area contributed by atoms with Gasteiger partial charge in [-0.25, -0.2) is 9.78 Å². The van der Waals surface area contributed by atoms with E-state index in [1.54, 1.807) is 17.2 Å². The molecule has 21 heavy (non-hydrogen) atoms. The van der Waals surface area contributed by atoms with Crippen molar-refractivity contribution in [1.29, 1.82) is 0 Å². The topological polar surface area (TPSA) is 51.7 Å². The molecule has 1 aliphatic heterocycles. The first-order chi connectivity index (χ1) is 9.74. The van der Waals surface area contributed by atoms with Gasteiger partial charge in [-0.3, -0.25) is 0 Å². The Morgan fingerprint density at radius 1 is 1.52 bits per heavy atom. The Morgan fingerprint density at radius 3 is 2.86 bits per heavy atom. The van der Waals surface area contributed by atoms with Gasteiger partial charge in [0.15, 0.2) is 0 Å². The third-order valence-electron chi connectivity index (χ3n) is 2.87. The molecule has 0 aromatic carbocycles. The van der Waals surface area contributed by atoms with Crippen LogP contribution in [0.2, 0.25) is 5.15 Å². The maximum absolute atomic E-state index is 12.0. The van der Waals surface area contributed by atoms with Crippen LogP contribution < -0.4 is 4.74 Å². The maximum atomic E-state index is 12.0. The summed E-state index contributed by atoms with van der Waals surface area (Å²) in [4.78, 5) is 17.6. The molecule has 7 heteroatoms. The lowest BCUT2D eigenvalue weighted by atomic mass is 10.2. The fourth-order valence-corrected chi connectivity index (χ4v) is 2.41. The van der Waals surface area contributed by atoms with E-state index in [0.717, 1.165) is 6.42 Å². The number of ether oxygens (including phenoxy) is 2. The number of aromatic nitrogens is 1. The average Bonchev–Trinajstić information content (AvgIpc) is 2.80. The van der Waals surface area contributed by atoms with Gasteiger partial charge in [0.2, 0.25) is 0 Å². The van der Waals surface area contributed by atoms with Crippen LogP contribution in [0, 0.1) is 0 Å². The fraction of sp³-hybridized carbons (Fsp3) is 0.571. The molecule has 1 amide bonds. The molecular weight excluding hydrogens is 360 g/mol. The summed E-state index contributed by atoms with van der Waals surface area (Å²) in [7, 11) is 0. The molecule has 0 radical (unpaired) electrons. The van der Waals surface area contributed by atoms with Gasteiger partial charge in [-0.05, 0) is 42.8 Å². The minimum absolute atomic E-state index is 0.0626. The van der Waals surface area contributed by atoms with Gasteiger partial charge in [0, 0.05) is 13.0 Å². The normalized spacial score (nSPS) is 18.7. The zero-order chi connectivity index (χ0) is 15.6. The molecular formula is C14H18BrClN2O3. The molecule has 0 aliphatic carbocycles. The number of likely N-dealkylation sites (tertiary alicyclic amines) is 1. The molecule has 0 unspecified atom stereocenters. The number of nitrogens with zero attached hydrogens (tertiary/aromatic N) is 2. The quantitative estimate of drug-likeness (QED) is 0.734. The molecule has 1 fully saturated rings. The van der Waals surface area contributed by atoms with Gasteiger partial charge in [-0.2, -0.15) is 0 Å². The number of rotatable bonds is 2. The van der Waals surface area contributed by atoms with Gasteiger partial charge >= 0.3 is 6.09 Å². The third-order valence-corrected chi connectivity index (χ3v) is 4.00. The minimum Gasteiger partial charge on any atom is -0.487 e. The van der Waals surface area contributed by atoms with Gasteiger partial charge in [-0.15, -0.1) is 0 Å². The minimum atomic E-state index is -0.485. The highest BCUT2D eigenvalue weighted by molar-refractivity contribution is 9.10. The second-order valence-corrected chi connectivity index (χ2v) is 7.11. The highest BCUT2D eigenvalue weighted by Crippen LogP contribution is 2.26. The molecule has 0 bridgehead atoms. The Bertz CT molecular complexity index is 533. The second-order valence-electron chi connectivity index (χ2n) is 5.90. The van der Waals surface area contributed by atoms with Crippen molar-refractivity contribution >= 4 is 33.6 Å². The summed E-state index contributed by atoms with van der Waals surface area (Å²) in [5, 5.41) is 0.393. The van der Waals surface area contributed by atoms with Crippen molar-refractivity contribution in [2.24, 2.45) is 0 Å². The predicted molar refractivity (Wildman–Crippen MR) is 83.8 cm³/mol. The zero-order valence-electron chi connectivity index (χ0n) is 12.2. The van der Waals surface area contributed by atoms with E-state index >= 15 is 0 Å². The Hall–Kier alpha value is -1.01. The summed E-state index contributed by atoms with van der Waals surface area (Å²) in [5.41, 5.74) is -0.485. The van der Waals surface area contributed by atoms with E-state index in [2.05, 4.69) is 20.9 Å². The number of amides is 1. The first-order valence-corrected chi connectivity index (χ1v) is 7.87. The van der Waals surface area contributed by atoms with Crippen LogP contribution in [0.4, 0.5) is 4.79 Å². The maximum Gasteiger partial charge on any atom is 0.410 e. The van der Waals surface area contributed by atoms with Crippen LogP contribution in [0.5, 0.6) is 5.75 Å². The fourth-order valence-electron chi connectivity index (χ4n) is 1.98. The summed E-state index contributed by atoms with van der Waals surface area (Å²) >= 11 is 9.15. The lowest BCUT2D eigenvalue weighted by molar-refractivity contribution is 0.0275. The van der Waals surface area contributed by atoms with Crippen LogP contribution in [0.3, 0.4) is 0 Å². The molecule has 5 nitrogen and oxygen atoms in total. The third kappa shape index (κ3) is 4.74. The molecule has 0 spiro atoms. The molecule has 2 rings (SSSR count). The molecule has 1 aliphatic rings. The summed E-state index contributed by atoms with van der Waals surface area (Å²) in [5.74, 6) is 0.627. The van der Waals surface area contributed by atoms with Crippen molar-refractivity contribution in [3.8, 4) is 5.75 Å². The molecule has 116 valence electrons. The van der Waals surface area contributed by atoms with E-state index in [1.807, 2.05) is 20.8 Å². The number of hydrogen-bond acceptors (Lipinski definition) is 4.